The Labute approximate surface area is 371 Å². The minimum absolute atomic E-state index is 0.531. The third-order valence-electron chi connectivity index (χ3n) is 13.0. The van der Waals surface area contributed by atoms with Gasteiger partial charge in [0, 0.05) is 44.2 Å². The number of rotatable bonds is 6. The maximum absolute atomic E-state index is 5.63. The van der Waals surface area contributed by atoms with Crippen molar-refractivity contribution in [1.29, 1.82) is 0 Å². The molecule has 11 rings (SSSR count). The van der Waals surface area contributed by atoms with E-state index in [2.05, 4.69) is 183 Å². The molecule has 2 N–H and O–H groups in total. The molecular formula is C56H44N8. The maximum atomic E-state index is 5.63. The molecule has 0 aliphatic carbocycles. The Balaban J connectivity index is 1.40. The van der Waals surface area contributed by atoms with Crippen LogP contribution in [0.2, 0.25) is 0 Å². The van der Waals surface area contributed by atoms with Crippen molar-refractivity contribution < 1.29 is 0 Å². The van der Waals surface area contributed by atoms with Crippen LogP contribution in [0.3, 0.4) is 0 Å². The molecule has 0 amide bonds. The monoisotopic (exact) mass is 828 g/mol. The summed E-state index contributed by atoms with van der Waals surface area (Å²) in [6.07, 6.45) is 0. The molecule has 0 saturated carbocycles. The number of H-pyrrole nitrogens is 2. The van der Waals surface area contributed by atoms with Crippen LogP contribution in [0.5, 0.6) is 0 Å². The molecule has 308 valence electrons. The average molecular weight is 829 g/mol. The van der Waals surface area contributed by atoms with E-state index >= 15 is 0 Å². The molecule has 0 unspecified atom stereocenters. The van der Waals surface area contributed by atoms with Gasteiger partial charge in [0.15, 0.2) is 11.6 Å². The summed E-state index contributed by atoms with van der Waals surface area (Å²) in [6, 6.07) is 62.3. The summed E-state index contributed by atoms with van der Waals surface area (Å²) in [7, 11) is 0. The van der Waals surface area contributed by atoms with E-state index in [1.807, 2.05) is 36.4 Å². The van der Waals surface area contributed by atoms with E-state index in [1.54, 1.807) is 0 Å². The van der Waals surface area contributed by atoms with Crippen molar-refractivity contribution >= 4 is 33.7 Å². The molecule has 0 fully saturated rings. The van der Waals surface area contributed by atoms with Crippen molar-refractivity contribution in [2.45, 2.75) is 38.5 Å². The van der Waals surface area contributed by atoms with Gasteiger partial charge in [0.2, 0.25) is 0 Å². The number of fused-ring (bicyclic) bond motifs is 8. The largest absolute Gasteiger partial charge is 0.324 e. The van der Waals surface area contributed by atoms with Crippen molar-refractivity contribution in [1.82, 2.24) is 39.9 Å². The third kappa shape index (κ3) is 6.45. The standard InChI is InChI=1S/C56H44N8/c1-55(2)53-62-51-45(39-31-19-9-20-32-39)43(37-27-15-7-16-28-37)49(60-51)58-47-41(35-23-11-5-12-24-35)42(36-25-13-6-14-26-36)48(57-47)59-50-44(38-29-17-8-18-30-38)46(40-33-21-10-22-34-40)52(61-50)63-54(64-53)56(55,3)4/h5-34H,1-4H3,(H2,57,58,59,60,61,62,63,64). The fourth-order valence-electron chi connectivity index (χ4n) is 8.87. The molecule has 0 saturated heterocycles. The summed E-state index contributed by atoms with van der Waals surface area (Å²) in [6.45, 7) is 8.79. The van der Waals surface area contributed by atoms with E-state index in [0.29, 0.717) is 45.9 Å². The van der Waals surface area contributed by atoms with Crippen molar-refractivity contribution in [3.8, 4) is 44.5 Å². The minimum atomic E-state index is -0.551. The first kappa shape index (κ1) is 38.8. The van der Waals surface area contributed by atoms with Gasteiger partial charge >= 0.3 is 0 Å². The van der Waals surface area contributed by atoms with E-state index in [-0.39, 0.29) is 0 Å². The summed E-state index contributed by atoms with van der Waals surface area (Å²) >= 11 is 0. The molecule has 8 bridgehead atoms. The smallest absolute Gasteiger partial charge is 0.165 e. The zero-order valence-electron chi connectivity index (χ0n) is 36.0. The molecule has 0 spiro atoms. The van der Waals surface area contributed by atoms with Gasteiger partial charge in [-0.3, -0.25) is 0 Å². The summed E-state index contributed by atoms with van der Waals surface area (Å²) in [5, 5.41) is 0. The molecule has 5 heterocycles. The highest BCUT2D eigenvalue weighted by atomic mass is 15.1. The molecule has 64 heavy (non-hydrogen) atoms. The fraction of sp³-hybridized carbons (Fsp3) is 0.107. The quantitative estimate of drug-likeness (QED) is 0.173. The van der Waals surface area contributed by atoms with Gasteiger partial charge in [-0.1, -0.05) is 210 Å². The first-order chi connectivity index (χ1) is 31.3. The second kappa shape index (κ2) is 15.4. The Morgan fingerprint density at radius 3 is 0.922 bits per heavy atom. The Morgan fingerprint density at radius 2 is 0.562 bits per heavy atom. The minimum Gasteiger partial charge on any atom is -0.324 e. The van der Waals surface area contributed by atoms with Crippen molar-refractivity contribution in [3.63, 3.8) is 0 Å². The lowest BCUT2D eigenvalue weighted by Crippen LogP contribution is -2.37. The fourth-order valence-corrected chi connectivity index (χ4v) is 8.87. The predicted octanol–water partition coefficient (Wildman–Crippen LogP) is 12.8. The average Bonchev–Trinajstić information content (AvgIpc) is 4.03. The van der Waals surface area contributed by atoms with Crippen molar-refractivity contribution in [3.05, 3.63) is 216 Å². The Kier molecular flexibility index (Phi) is 9.31. The normalized spacial score (nSPS) is 14.1. The highest BCUT2D eigenvalue weighted by molar-refractivity contribution is 6.06. The van der Waals surface area contributed by atoms with E-state index < -0.39 is 10.8 Å². The van der Waals surface area contributed by atoms with Crippen molar-refractivity contribution in [2.24, 2.45) is 0 Å². The van der Waals surface area contributed by atoms with Gasteiger partial charge in [-0.2, -0.15) is 0 Å². The third-order valence-corrected chi connectivity index (χ3v) is 13.0. The van der Waals surface area contributed by atoms with Gasteiger partial charge in [0.05, 0.1) is 0 Å². The molecule has 6 aromatic carbocycles. The first-order valence-corrected chi connectivity index (χ1v) is 21.6. The van der Waals surface area contributed by atoms with Gasteiger partial charge in [-0.15, -0.1) is 0 Å². The van der Waals surface area contributed by atoms with Crippen LogP contribution >= 0.6 is 0 Å². The number of benzene rings is 6. The molecule has 0 radical (unpaired) electrons. The second-order valence-corrected chi connectivity index (χ2v) is 17.3. The van der Waals surface area contributed by atoms with Gasteiger partial charge < -0.3 is 9.97 Å². The number of hydrogen-bond acceptors (Lipinski definition) is 6. The SMILES string of the molecule is CC1(C)c2nc3nc(nc4[nH]c(nc5[nH]c(nc(n2)C1(C)C)c(-c1ccccc1)c5-c1ccccc1)c(-c1ccccc1)c4-c1ccccc1)C(c1ccccc1)=C3c1ccccc1. The number of hydrogen-bond donors (Lipinski definition) is 2. The van der Waals surface area contributed by atoms with Crippen LogP contribution in [0, 0.1) is 0 Å². The number of nitrogens with zero attached hydrogens (tertiary/aromatic N) is 6. The van der Waals surface area contributed by atoms with E-state index in [1.165, 1.54) is 0 Å². The lowest BCUT2D eigenvalue weighted by Gasteiger charge is -2.32. The summed E-state index contributed by atoms with van der Waals surface area (Å²) in [5.41, 5.74) is 12.8. The van der Waals surface area contributed by atoms with E-state index in [0.717, 1.165) is 66.8 Å². The lowest BCUT2D eigenvalue weighted by atomic mass is 9.69. The van der Waals surface area contributed by atoms with Crippen LogP contribution in [-0.2, 0) is 10.8 Å². The van der Waals surface area contributed by atoms with Gasteiger partial charge in [-0.25, -0.2) is 29.9 Å². The maximum Gasteiger partial charge on any atom is 0.165 e. The molecule has 2 aliphatic heterocycles. The topological polar surface area (TPSA) is 109 Å². The van der Waals surface area contributed by atoms with E-state index in [9.17, 15) is 0 Å². The summed E-state index contributed by atoms with van der Waals surface area (Å²) in [4.78, 5) is 40.5. The Hall–Kier alpha value is -8.10. The molecule has 8 nitrogen and oxygen atoms in total. The summed E-state index contributed by atoms with van der Waals surface area (Å²) in [5.74, 6) is 2.37. The first-order valence-electron chi connectivity index (χ1n) is 21.6. The van der Waals surface area contributed by atoms with Crippen LogP contribution in [0.25, 0.3) is 78.2 Å². The number of aromatic nitrogens is 8. The number of nitrogens with one attached hydrogen (secondary N) is 2. The van der Waals surface area contributed by atoms with Gasteiger partial charge in [0.1, 0.15) is 34.2 Å². The van der Waals surface area contributed by atoms with Crippen LogP contribution in [0.4, 0.5) is 0 Å². The van der Waals surface area contributed by atoms with Crippen LogP contribution in [0.1, 0.15) is 62.1 Å². The van der Waals surface area contributed by atoms with E-state index in [4.69, 9.17) is 29.9 Å². The Morgan fingerprint density at radius 1 is 0.281 bits per heavy atom. The van der Waals surface area contributed by atoms with Gasteiger partial charge in [0.25, 0.3) is 0 Å². The molecule has 8 heteroatoms. The zero-order chi connectivity index (χ0) is 43.4. The molecular weight excluding hydrogens is 785 g/mol. The molecule has 3 aromatic heterocycles. The van der Waals surface area contributed by atoms with Crippen LogP contribution in [0.15, 0.2) is 182 Å². The van der Waals surface area contributed by atoms with Crippen molar-refractivity contribution in [2.75, 3.05) is 0 Å². The highest BCUT2D eigenvalue weighted by Gasteiger charge is 2.49. The zero-order valence-corrected chi connectivity index (χ0v) is 36.0. The second-order valence-electron chi connectivity index (χ2n) is 17.3. The number of aromatic amines is 2. The molecule has 0 atom stereocenters. The lowest BCUT2D eigenvalue weighted by molar-refractivity contribution is 0.309. The highest BCUT2D eigenvalue weighted by Crippen LogP contribution is 2.47. The Bertz CT molecular complexity index is 3390. The molecule has 9 aromatic rings. The van der Waals surface area contributed by atoms with Crippen LogP contribution in [-0.4, -0.2) is 39.9 Å². The summed E-state index contributed by atoms with van der Waals surface area (Å²) < 4.78 is 0. The van der Waals surface area contributed by atoms with Crippen LogP contribution < -0.4 is 0 Å². The van der Waals surface area contributed by atoms with Gasteiger partial charge in [-0.05, 0) is 33.4 Å². The predicted molar refractivity (Wildman–Crippen MR) is 258 cm³/mol. The molecule has 2 aliphatic rings.